The van der Waals surface area contributed by atoms with Gasteiger partial charge in [0.25, 0.3) is 5.91 Å². The first-order chi connectivity index (χ1) is 14.1. The van der Waals surface area contributed by atoms with Gasteiger partial charge in [-0.2, -0.15) is 5.10 Å². The number of amides is 1. The molecule has 2 saturated heterocycles. The zero-order chi connectivity index (χ0) is 20.4. The molecule has 2 N–H and O–H groups in total. The van der Waals surface area contributed by atoms with Crippen molar-refractivity contribution in [3.05, 3.63) is 47.7 Å². The number of anilines is 2. The topological polar surface area (TPSA) is 97.6 Å². The highest BCUT2D eigenvalue weighted by molar-refractivity contribution is 6.14. The highest BCUT2D eigenvalue weighted by Gasteiger charge is 2.44. The summed E-state index contributed by atoms with van der Waals surface area (Å²) in [4.78, 5) is 25.9. The number of hydrazone groups is 1. The molecule has 0 aliphatic carbocycles. The predicted octanol–water partition coefficient (Wildman–Crippen LogP) is 2.32. The zero-order valence-corrected chi connectivity index (χ0v) is 16.0. The number of benzene rings is 1. The molecule has 2 aliphatic heterocycles. The van der Waals surface area contributed by atoms with E-state index in [4.69, 9.17) is 5.41 Å². The van der Waals surface area contributed by atoms with Crippen molar-refractivity contribution in [2.45, 2.75) is 19.4 Å². The molecule has 3 heterocycles. The van der Waals surface area contributed by atoms with Crippen molar-refractivity contribution in [3.63, 3.8) is 0 Å². The third-order valence-electron chi connectivity index (χ3n) is 5.42. The Balaban J connectivity index is 1.51. The van der Waals surface area contributed by atoms with Gasteiger partial charge < -0.3 is 15.2 Å². The van der Waals surface area contributed by atoms with Gasteiger partial charge in [0.2, 0.25) is 0 Å². The minimum atomic E-state index is -0.462. The fraction of sp³-hybridized carbons (Fsp3) is 0.350. The summed E-state index contributed by atoms with van der Waals surface area (Å²) in [5, 5.41) is 10.8. The van der Waals surface area contributed by atoms with Crippen LogP contribution in [-0.4, -0.2) is 58.9 Å². The average Bonchev–Trinajstić information content (AvgIpc) is 2.69. The van der Waals surface area contributed by atoms with Gasteiger partial charge in [0.05, 0.1) is 35.4 Å². The number of rotatable bonds is 5. The van der Waals surface area contributed by atoms with Crippen LogP contribution in [0.1, 0.15) is 22.5 Å². The molecule has 2 fully saturated rings. The van der Waals surface area contributed by atoms with Gasteiger partial charge in [0.1, 0.15) is 11.6 Å². The van der Waals surface area contributed by atoms with Crippen molar-refractivity contribution < 1.29 is 9.18 Å². The fourth-order valence-corrected chi connectivity index (χ4v) is 3.94. The van der Waals surface area contributed by atoms with Gasteiger partial charge in [0.15, 0.2) is 0 Å². The normalized spacial score (nSPS) is 20.9. The smallest absolute Gasteiger partial charge is 0.256 e. The van der Waals surface area contributed by atoms with Gasteiger partial charge in [-0.3, -0.25) is 15.2 Å². The van der Waals surface area contributed by atoms with Crippen LogP contribution < -0.4 is 10.3 Å². The van der Waals surface area contributed by atoms with Crippen molar-refractivity contribution in [3.8, 4) is 0 Å². The molecule has 1 aromatic heterocycles. The molecular formula is C20H22FN7O. The number of aryl methyl sites for hydroxylation is 1. The fourth-order valence-electron chi connectivity index (χ4n) is 3.94. The molecule has 9 heteroatoms. The van der Waals surface area contributed by atoms with Gasteiger partial charge in [0, 0.05) is 38.0 Å². The Labute approximate surface area is 168 Å². The molecule has 0 spiro atoms. The summed E-state index contributed by atoms with van der Waals surface area (Å²) in [5.41, 5.74) is 4.15. The molecule has 2 aliphatic rings. The summed E-state index contributed by atoms with van der Waals surface area (Å²) >= 11 is 0. The van der Waals surface area contributed by atoms with E-state index in [1.165, 1.54) is 24.4 Å². The average molecular weight is 395 g/mol. The minimum Gasteiger partial charge on any atom is -0.350 e. The largest absolute Gasteiger partial charge is 0.350 e. The first-order valence-corrected chi connectivity index (χ1v) is 9.49. The van der Waals surface area contributed by atoms with Crippen LogP contribution in [0.15, 0.2) is 35.7 Å². The number of nitrogens with one attached hydrogen (secondary N) is 2. The molecule has 2 atom stereocenters. The number of fused-ring (bicyclic) bond motifs is 1. The number of nitrogens with zero attached hydrogens (tertiary/aromatic N) is 5. The number of halogens is 1. The molecule has 4 rings (SSSR count). The van der Waals surface area contributed by atoms with E-state index in [0.717, 1.165) is 30.7 Å². The second kappa shape index (κ2) is 7.94. The molecule has 0 bridgehead atoms. The van der Waals surface area contributed by atoms with Crippen molar-refractivity contribution in [1.29, 1.82) is 5.41 Å². The SMILES string of the molecule is Cc1cncc(N2CC3CCN(C(=O)c4ccc(F)cc4N/N=C\C=N)CC32)n1. The molecule has 1 aromatic carbocycles. The van der Waals surface area contributed by atoms with Gasteiger partial charge in [-0.15, -0.1) is 0 Å². The lowest BCUT2D eigenvalue weighted by molar-refractivity contribution is 0.0592. The number of carbonyl (C=O) groups is 1. The number of hydrogen-bond donors (Lipinski definition) is 2. The first kappa shape index (κ1) is 19.0. The molecular weight excluding hydrogens is 373 g/mol. The Kier molecular flexibility index (Phi) is 5.20. The number of carbonyl (C=O) groups excluding carboxylic acids is 1. The quantitative estimate of drug-likeness (QED) is 0.598. The number of piperidine rings is 1. The molecule has 0 radical (unpaired) electrons. The van der Waals surface area contributed by atoms with Crippen LogP contribution in [0.2, 0.25) is 0 Å². The van der Waals surface area contributed by atoms with Crippen molar-refractivity contribution in [2.75, 3.05) is 30.0 Å². The van der Waals surface area contributed by atoms with Crippen molar-refractivity contribution >= 4 is 29.8 Å². The van der Waals surface area contributed by atoms with Crippen molar-refractivity contribution in [2.24, 2.45) is 11.0 Å². The summed E-state index contributed by atoms with van der Waals surface area (Å²) in [7, 11) is 0. The van der Waals surface area contributed by atoms with E-state index in [1.54, 1.807) is 17.3 Å². The van der Waals surface area contributed by atoms with E-state index >= 15 is 0 Å². The van der Waals surface area contributed by atoms with Gasteiger partial charge in [-0.25, -0.2) is 9.37 Å². The zero-order valence-electron chi connectivity index (χ0n) is 16.0. The predicted molar refractivity (Wildman–Crippen MR) is 109 cm³/mol. The lowest BCUT2D eigenvalue weighted by Crippen LogP contribution is -2.65. The monoisotopic (exact) mass is 395 g/mol. The Morgan fingerprint density at radius 3 is 3.03 bits per heavy atom. The summed E-state index contributed by atoms with van der Waals surface area (Å²) in [6.45, 7) is 4.08. The second-order valence-corrected chi connectivity index (χ2v) is 7.28. The lowest BCUT2D eigenvalue weighted by atomic mass is 9.82. The standard InChI is InChI=1S/C20H22FN7O/c1-13-9-23-10-19(25-13)28-11-14-4-7-27(12-18(14)28)20(29)16-3-2-15(21)8-17(16)26-24-6-5-22/h2-3,5-6,8-10,14,18,22,26H,4,7,11-12H2,1H3/b22-5?,24-6-. The van der Waals surface area contributed by atoms with Crippen LogP contribution >= 0.6 is 0 Å². The molecule has 2 unspecified atom stereocenters. The summed E-state index contributed by atoms with van der Waals surface area (Å²) in [6, 6.07) is 4.18. The Morgan fingerprint density at radius 2 is 2.24 bits per heavy atom. The van der Waals surface area contributed by atoms with Crippen LogP contribution in [0.5, 0.6) is 0 Å². The summed E-state index contributed by atoms with van der Waals surface area (Å²) in [6.07, 6.45) is 6.62. The maximum absolute atomic E-state index is 13.7. The third kappa shape index (κ3) is 3.80. The number of hydrogen-bond acceptors (Lipinski definition) is 7. The van der Waals surface area contributed by atoms with Crippen LogP contribution in [0.25, 0.3) is 0 Å². The van der Waals surface area contributed by atoms with Crippen LogP contribution in [0, 0.1) is 24.1 Å². The Morgan fingerprint density at radius 1 is 1.38 bits per heavy atom. The minimum absolute atomic E-state index is 0.168. The van der Waals surface area contributed by atoms with Gasteiger partial charge in [-0.05, 0) is 31.5 Å². The Hall–Kier alpha value is -3.36. The first-order valence-electron chi connectivity index (χ1n) is 9.49. The lowest BCUT2D eigenvalue weighted by Gasteiger charge is -2.53. The van der Waals surface area contributed by atoms with Crippen LogP contribution in [-0.2, 0) is 0 Å². The molecule has 0 saturated carbocycles. The maximum atomic E-state index is 13.7. The van der Waals surface area contributed by atoms with E-state index in [2.05, 4.69) is 25.4 Å². The number of likely N-dealkylation sites (tertiary alicyclic amines) is 1. The Bertz CT molecular complexity index is 964. The van der Waals surface area contributed by atoms with Gasteiger partial charge >= 0.3 is 0 Å². The molecule has 2 aromatic rings. The summed E-state index contributed by atoms with van der Waals surface area (Å²) < 4.78 is 13.7. The molecule has 29 heavy (non-hydrogen) atoms. The third-order valence-corrected chi connectivity index (χ3v) is 5.42. The second-order valence-electron chi connectivity index (χ2n) is 7.28. The maximum Gasteiger partial charge on any atom is 0.256 e. The highest BCUT2D eigenvalue weighted by atomic mass is 19.1. The molecule has 8 nitrogen and oxygen atoms in total. The summed E-state index contributed by atoms with van der Waals surface area (Å²) in [5.74, 6) is 0.740. The molecule has 150 valence electrons. The van der Waals surface area contributed by atoms with Crippen molar-refractivity contribution in [1.82, 2.24) is 14.9 Å². The van der Waals surface area contributed by atoms with Gasteiger partial charge in [-0.1, -0.05) is 0 Å². The molecule has 1 amide bonds. The highest BCUT2D eigenvalue weighted by Crippen LogP contribution is 2.36. The van der Waals surface area contributed by atoms with E-state index in [1.807, 2.05) is 6.92 Å². The number of aromatic nitrogens is 2. The van der Waals surface area contributed by atoms with Crippen LogP contribution in [0.3, 0.4) is 0 Å². The van der Waals surface area contributed by atoms with E-state index in [-0.39, 0.29) is 17.6 Å². The van der Waals surface area contributed by atoms with E-state index in [0.29, 0.717) is 24.6 Å². The van der Waals surface area contributed by atoms with Crippen LogP contribution in [0.4, 0.5) is 15.9 Å². The van der Waals surface area contributed by atoms with E-state index < -0.39 is 5.82 Å². The van der Waals surface area contributed by atoms with E-state index in [9.17, 15) is 9.18 Å².